The summed E-state index contributed by atoms with van der Waals surface area (Å²) in [5.74, 6) is 0.324. The Morgan fingerprint density at radius 1 is 1.46 bits per heavy atom. The van der Waals surface area contributed by atoms with Crippen LogP contribution >= 0.6 is 12.4 Å². The highest BCUT2D eigenvalue weighted by atomic mass is 35.5. The van der Waals surface area contributed by atoms with Crippen LogP contribution in [0.1, 0.15) is 19.3 Å². The molecule has 1 aromatic rings. The zero-order valence-corrected chi connectivity index (χ0v) is 15.0. The number of methoxy groups -OCH3 is 1. The number of ether oxygens (including phenoxy) is 1. The molecule has 1 unspecified atom stereocenters. The average Bonchev–Trinajstić information content (AvgIpc) is 2.54. The molecule has 0 aliphatic carbocycles. The largest absolute Gasteiger partial charge is 0.495 e. The molecule has 0 bridgehead atoms. The van der Waals surface area contributed by atoms with Crippen LogP contribution in [0.2, 0.25) is 0 Å². The Morgan fingerprint density at radius 2 is 2.17 bits per heavy atom. The maximum atomic E-state index is 12.9. The number of halogens is 1. The van der Waals surface area contributed by atoms with Crippen molar-refractivity contribution in [2.24, 2.45) is 11.7 Å². The van der Waals surface area contributed by atoms with E-state index in [0.717, 1.165) is 25.3 Å². The van der Waals surface area contributed by atoms with Crippen molar-refractivity contribution in [2.75, 3.05) is 26.7 Å². The quantitative estimate of drug-likeness (QED) is 0.594. The lowest BCUT2D eigenvalue weighted by molar-refractivity contribution is -0.385. The van der Waals surface area contributed by atoms with Gasteiger partial charge in [-0.3, -0.25) is 10.1 Å². The lowest BCUT2D eigenvalue weighted by Gasteiger charge is -2.32. The monoisotopic (exact) mass is 379 g/mol. The van der Waals surface area contributed by atoms with Crippen molar-refractivity contribution >= 4 is 28.1 Å². The van der Waals surface area contributed by atoms with Crippen LogP contribution in [0.4, 0.5) is 5.69 Å². The van der Waals surface area contributed by atoms with Gasteiger partial charge in [0.1, 0.15) is 10.6 Å². The van der Waals surface area contributed by atoms with E-state index in [0.29, 0.717) is 19.6 Å². The number of rotatable bonds is 6. The number of sulfonamides is 1. The normalized spacial score (nSPS) is 18.7. The van der Waals surface area contributed by atoms with Crippen molar-refractivity contribution in [1.29, 1.82) is 0 Å². The lowest BCUT2D eigenvalue weighted by atomic mass is 9.96. The minimum atomic E-state index is -3.85. The molecule has 2 rings (SSSR count). The molecular formula is C14H22ClN3O5S. The van der Waals surface area contributed by atoms with Crippen LogP contribution in [-0.4, -0.2) is 44.4 Å². The Kier molecular flexibility index (Phi) is 7.40. The molecule has 1 atom stereocenters. The first-order chi connectivity index (χ1) is 10.9. The van der Waals surface area contributed by atoms with Gasteiger partial charge >= 0.3 is 0 Å². The van der Waals surface area contributed by atoms with Crippen LogP contribution in [0.5, 0.6) is 5.75 Å². The van der Waals surface area contributed by atoms with E-state index < -0.39 is 14.9 Å². The molecule has 10 heteroatoms. The Hall–Kier alpha value is -1.42. The van der Waals surface area contributed by atoms with E-state index in [1.54, 1.807) is 0 Å². The molecule has 1 fully saturated rings. The summed E-state index contributed by atoms with van der Waals surface area (Å²) in [6.45, 7) is 1.29. The molecule has 0 radical (unpaired) electrons. The fourth-order valence-corrected chi connectivity index (χ4v) is 4.57. The molecule has 0 aromatic heterocycles. The van der Waals surface area contributed by atoms with Crippen LogP contribution in [0.25, 0.3) is 0 Å². The molecule has 0 amide bonds. The predicted molar refractivity (Wildman–Crippen MR) is 92.1 cm³/mol. The van der Waals surface area contributed by atoms with Crippen molar-refractivity contribution in [1.82, 2.24) is 4.31 Å². The zero-order valence-electron chi connectivity index (χ0n) is 13.4. The second-order valence-corrected chi connectivity index (χ2v) is 7.45. The van der Waals surface area contributed by atoms with Crippen LogP contribution in [0.3, 0.4) is 0 Å². The Bertz CT molecular complexity index is 681. The summed E-state index contributed by atoms with van der Waals surface area (Å²) >= 11 is 0. The van der Waals surface area contributed by atoms with Gasteiger partial charge in [-0.05, 0) is 37.8 Å². The molecule has 0 saturated carbocycles. The van der Waals surface area contributed by atoms with E-state index in [4.69, 9.17) is 10.5 Å². The Morgan fingerprint density at radius 3 is 2.75 bits per heavy atom. The fourth-order valence-electron chi connectivity index (χ4n) is 2.84. The summed E-state index contributed by atoms with van der Waals surface area (Å²) < 4.78 is 32.2. The van der Waals surface area contributed by atoms with Crippen molar-refractivity contribution in [2.45, 2.75) is 24.2 Å². The number of hydrogen-bond acceptors (Lipinski definition) is 6. The predicted octanol–water partition coefficient (Wildman–Crippen LogP) is 1.77. The van der Waals surface area contributed by atoms with Crippen molar-refractivity contribution in [3.63, 3.8) is 0 Å². The number of nitrogens with two attached hydrogens (primary N) is 1. The highest BCUT2D eigenvalue weighted by Gasteiger charge is 2.33. The van der Waals surface area contributed by atoms with Crippen LogP contribution in [-0.2, 0) is 10.0 Å². The Labute approximate surface area is 147 Å². The smallest absolute Gasteiger partial charge is 0.271 e. The molecule has 0 spiro atoms. The van der Waals surface area contributed by atoms with Gasteiger partial charge in [-0.1, -0.05) is 0 Å². The van der Waals surface area contributed by atoms with Gasteiger partial charge in [-0.2, -0.15) is 4.31 Å². The third kappa shape index (κ3) is 4.35. The number of nitro groups is 1. The number of nitrogens with zero attached hydrogens (tertiary/aromatic N) is 2. The Balaban J connectivity index is 0.00000288. The molecule has 1 aromatic carbocycles. The van der Waals surface area contributed by atoms with Crippen molar-refractivity contribution in [3.8, 4) is 5.75 Å². The topological polar surface area (TPSA) is 116 Å². The summed E-state index contributed by atoms with van der Waals surface area (Å²) in [6.07, 6.45) is 2.45. The van der Waals surface area contributed by atoms with E-state index in [1.807, 2.05) is 0 Å². The van der Waals surface area contributed by atoms with Crippen molar-refractivity contribution in [3.05, 3.63) is 28.3 Å². The van der Waals surface area contributed by atoms with E-state index in [9.17, 15) is 18.5 Å². The highest BCUT2D eigenvalue weighted by Crippen LogP contribution is 2.32. The molecule has 8 nitrogen and oxygen atoms in total. The lowest BCUT2D eigenvalue weighted by Crippen LogP contribution is -2.40. The molecule has 24 heavy (non-hydrogen) atoms. The fraction of sp³-hybridized carbons (Fsp3) is 0.571. The minimum absolute atomic E-state index is 0. The second-order valence-electron chi connectivity index (χ2n) is 5.54. The number of piperidine rings is 1. The molecule has 2 N–H and O–H groups in total. The van der Waals surface area contributed by atoms with E-state index >= 15 is 0 Å². The van der Waals surface area contributed by atoms with Gasteiger partial charge in [0.25, 0.3) is 5.69 Å². The number of benzene rings is 1. The highest BCUT2D eigenvalue weighted by molar-refractivity contribution is 7.89. The van der Waals surface area contributed by atoms with Crippen LogP contribution in [0.15, 0.2) is 23.1 Å². The van der Waals surface area contributed by atoms with Gasteiger partial charge in [0.2, 0.25) is 10.0 Å². The number of nitro benzene ring substituents is 1. The maximum Gasteiger partial charge on any atom is 0.271 e. The van der Waals surface area contributed by atoms with Crippen LogP contribution in [0, 0.1) is 16.0 Å². The van der Waals surface area contributed by atoms with Gasteiger partial charge in [0, 0.05) is 25.2 Å². The van der Waals surface area contributed by atoms with Gasteiger partial charge in [0.15, 0.2) is 0 Å². The van der Waals surface area contributed by atoms with Gasteiger partial charge in [-0.15, -0.1) is 12.4 Å². The summed E-state index contributed by atoms with van der Waals surface area (Å²) in [5.41, 5.74) is 5.28. The zero-order chi connectivity index (χ0) is 17.0. The van der Waals surface area contributed by atoms with Gasteiger partial charge in [0.05, 0.1) is 12.0 Å². The number of hydrogen-bond donors (Lipinski definition) is 1. The SMILES string of the molecule is COc1ccc([N+](=O)[O-])cc1S(=O)(=O)N1CCCC(CCN)C1.Cl. The first-order valence-corrected chi connectivity index (χ1v) is 8.86. The summed E-state index contributed by atoms with van der Waals surface area (Å²) in [5, 5.41) is 10.9. The third-order valence-electron chi connectivity index (χ3n) is 4.03. The van der Waals surface area contributed by atoms with Crippen molar-refractivity contribution < 1.29 is 18.1 Å². The summed E-state index contributed by atoms with van der Waals surface area (Å²) in [4.78, 5) is 10.2. The minimum Gasteiger partial charge on any atom is -0.495 e. The molecule has 1 heterocycles. The van der Waals surface area contributed by atoms with E-state index in [1.165, 1.54) is 23.5 Å². The summed E-state index contributed by atoms with van der Waals surface area (Å²) in [6, 6.07) is 3.60. The van der Waals surface area contributed by atoms with Gasteiger partial charge < -0.3 is 10.5 Å². The van der Waals surface area contributed by atoms with E-state index in [2.05, 4.69) is 0 Å². The maximum absolute atomic E-state index is 12.9. The standard InChI is InChI=1S/C14H21N3O5S.ClH/c1-22-13-5-4-12(17(18)19)9-14(13)23(20,21)16-8-2-3-11(10-16)6-7-15;/h4-5,9,11H,2-3,6-8,10,15H2,1H3;1H. The molecule has 136 valence electrons. The second kappa shape index (κ2) is 8.61. The molecule has 1 aliphatic heterocycles. The van der Waals surface area contributed by atoms with E-state index in [-0.39, 0.29) is 34.7 Å². The molecule has 1 aliphatic rings. The van der Waals surface area contributed by atoms with Gasteiger partial charge in [-0.25, -0.2) is 8.42 Å². The molecular weight excluding hydrogens is 358 g/mol. The first kappa shape index (κ1) is 20.6. The third-order valence-corrected chi connectivity index (χ3v) is 5.92. The molecule has 1 saturated heterocycles. The number of non-ortho nitro benzene ring substituents is 1. The van der Waals surface area contributed by atoms with Crippen LogP contribution < -0.4 is 10.5 Å². The average molecular weight is 380 g/mol. The first-order valence-electron chi connectivity index (χ1n) is 7.42. The summed E-state index contributed by atoms with van der Waals surface area (Å²) in [7, 11) is -2.51.